The van der Waals surface area contributed by atoms with Crippen LogP contribution in [0.3, 0.4) is 0 Å². The van der Waals surface area contributed by atoms with Gasteiger partial charge in [0, 0.05) is 44.2 Å². The average molecular weight is 454 g/mol. The summed E-state index contributed by atoms with van der Waals surface area (Å²) < 4.78 is 16.9. The summed E-state index contributed by atoms with van der Waals surface area (Å²) in [5, 5.41) is 0. The summed E-state index contributed by atoms with van der Waals surface area (Å²) in [5.41, 5.74) is 1.67. The topological polar surface area (TPSA) is 81.2 Å². The van der Waals surface area contributed by atoms with Crippen LogP contribution in [0.25, 0.3) is 0 Å². The lowest BCUT2D eigenvalue weighted by Crippen LogP contribution is -2.40. The van der Waals surface area contributed by atoms with Crippen LogP contribution in [-0.4, -0.2) is 73.2 Å². The molecule has 1 aromatic carbocycles. The first-order valence-corrected chi connectivity index (χ1v) is 11.3. The number of pyridine rings is 1. The van der Waals surface area contributed by atoms with Gasteiger partial charge in [-0.25, -0.2) is 0 Å². The van der Waals surface area contributed by atoms with Crippen molar-refractivity contribution in [1.29, 1.82) is 0 Å². The third-order valence-corrected chi connectivity index (χ3v) is 6.07. The van der Waals surface area contributed by atoms with Gasteiger partial charge in [0.05, 0.1) is 33.3 Å². The van der Waals surface area contributed by atoms with Gasteiger partial charge in [0.1, 0.15) is 11.5 Å². The number of hydrogen-bond donors (Lipinski definition) is 0. The van der Waals surface area contributed by atoms with Crippen molar-refractivity contribution in [2.24, 2.45) is 5.92 Å². The molecule has 2 heterocycles. The fraction of sp³-hybridized carbons (Fsp3) is 0.480. The second kappa shape index (κ2) is 10.7. The number of methoxy groups -OCH3 is 2. The summed E-state index contributed by atoms with van der Waals surface area (Å²) in [6.45, 7) is 1.97. The highest BCUT2D eigenvalue weighted by molar-refractivity contribution is 5.86. The van der Waals surface area contributed by atoms with Crippen molar-refractivity contribution in [2.45, 2.75) is 31.9 Å². The predicted molar refractivity (Wildman–Crippen MR) is 122 cm³/mol. The van der Waals surface area contributed by atoms with E-state index in [2.05, 4.69) is 4.98 Å². The molecule has 8 nitrogen and oxygen atoms in total. The Bertz CT molecular complexity index is 964. The number of nitrogens with zero attached hydrogens (tertiary/aromatic N) is 3. The summed E-state index contributed by atoms with van der Waals surface area (Å²) in [6.07, 6.45) is 5.72. The molecular formula is C25H31N3O5. The minimum atomic E-state index is -0.232. The summed E-state index contributed by atoms with van der Waals surface area (Å²) >= 11 is 0. The second-order valence-corrected chi connectivity index (χ2v) is 8.66. The second-order valence-electron chi connectivity index (χ2n) is 8.66. The zero-order valence-electron chi connectivity index (χ0n) is 19.2. The first-order chi connectivity index (χ1) is 16.1. The lowest BCUT2D eigenvalue weighted by molar-refractivity contribution is -0.138. The van der Waals surface area contributed by atoms with Crippen molar-refractivity contribution in [3.05, 3.63) is 53.9 Å². The fourth-order valence-electron chi connectivity index (χ4n) is 3.99. The normalized spacial score (nSPS) is 18.7. The van der Waals surface area contributed by atoms with Gasteiger partial charge in [0.15, 0.2) is 0 Å². The van der Waals surface area contributed by atoms with Gasteiger partial charge in [-0.2, -0.15) is 0 Å². The Kier molecular flexibility index (Phi) is 7.44. The van der Waals surface area contributed by atoms with Crippen molar-refractivity contribution < 1.29 is 23.8 Å². The standard InChI is InChI=1S/C25H31N3O5/c1-31-21-7-8-23(32-2)20(10-21)11-24(29)28-15-22(33-17-18-5-6-18)14-27(25(30)16-28)13-19-4-3-9-26-12-19/h3-4,7-10,12,18,22H,5-6,11,13-17H2,1-2H3. The largest absolute Gasteiger partial charge is 0.497 e. The molecular weight excluding hydrogens is 422 g/mol. The molecule has 0 N–H and O–H groups in total. The van der Waals surface area contributed by atoms with E-state index in [1.54, 1.807) is 54.6 Å². The number of carbonyl (C=O) groups is 2. The number of ether oxygens (including phenoxy) is 3. The highest BCUT2D eigenvalue weighted by Crippen LogP contribution is 2.30. The predicted octanol–water partition coefficient (Wildman–Crippen LogP) is 2.31. The Morgan fingerprint density at radius 2 is 2.00 bits per heavy atom. The Hall–Kier alpha value is -3.13. The maximum absolute atomic E-state index is 13.3. The van der Waals surface area contributed by atoms with E-state index in [4.69, 9.17) is 14.2 Å². The Balaban J connectivity index is 1.49. The van der Waals surface area contributed by atoms with E-state index in [-0.39, 0.29) is 30.9 Å². The van der Waals surface area contributed by atoms with Gasteiger partial charge in [-0.05, 0) is 48.6 Å². The number of aromatic nitrogens is 1. The number of hydrogen-bond acceptors (Lipinski definition) is 6. The highest BCUT2D eigenvalue weighted by atomic mass is 16.5. The van der Waals surface area contributed by atoms with E-state index in [1.165, 1.54) is 12.8 Å². The van der Waals surface area contributed by atoms with Crippen LogP contribution in [0.15, 0.2) is 42.7 Å². The number of carbonyl (C=O) groups excluding carboxylic acids is 2. The van der Waals surface area contributed by atoms with E-state index in [0.717, 1.165) is 11.1 Å². The van der Waals surface area contributed by atoms with Crippen LogP contribution in [0, 0.1) is 5.92 Å². The van der Waals surface area contributed by atoms with Crippen LogP contribution in [0.1, 0.15) is 24.0 Å². The summed E-state index contributed by atoms with van der Waals surface area (Å²) in [4.78, 5) is 33.9. The van der Waals surface area contributed by atoms with E-state index in [9.17, 15) is 9.59 Å². The molecule has 1 saturated carbocycles. The molecule has 0 spiro atoms. The van der Waals surface area contributed by atoms with Gasteiger partial charge >= 0.3 is 0 Å². The van der Waals surface area contributed by atoms with Crippen molar-refractivity contribution in [1.82, 2.24) is 14.8 Å². The molecule has 2 fully saturated rings. The molecule has 1 atom stereocenters. The smallest absolute Gasteiger partial charge is 0.242 e. The van der Waals surface area contributed by atoms with Crippen LogP contribution >= 0.6 is 0 Å². The molecule has 4 rings (SSSR count). The monoisotopic (exact) mass is 453 g/mol. The van der Waals surface area contributed by atoms with E-state index in [1.807, 2.05) is 12.1 Å². The van der Waals surface area contributed by atoms with E-state index >= 15 is 0 Å². The number of amides is 2. The van der Waals surface area contributed by atoms with Crippen LogP contribution in [0.5, 0.6) is 11.5 Å². The van der Waals surface area contributed by atoms with Crippen LogP contribution < -0.4 is 9.47 Å². The average Bonchev–Trinajstić information content (AvgIpc) is 3.67. The molecule has 1 saturated heterocycles. The van der Waals surface area contributed by atoms with Gasteiger partial charge in [-0.1, -0.05) is 6.07 Å². The molecule has 33 heavy (non-hydrogen) atoms. The minimum absolute atomic E-state index is 0.0225. The first-order valence-electron chi connectivity index (χ1n) is 11.3. The molecule has 2 amide bonds. The Labute approximate surface area is 194 Å². The lowest BCUT2D eigenvalue weighted by atomic mass is 10.1. The third-order valence-electron chi connectivity index (χ3n) is 6.07. The van der Waals surface area contributed by atoms with Crippen LogP contribution in [0.4, 0.5) is 0 Å². The molecule has 2 aromatic rings. The molecule has 2 aliphatic rings. The minimum Gasteiger partial charge on any atom is -0.497 e. The molecule has 1 aliphatic carbocycles. The van der Waals surface area contributed by atoms with Crippen molar-refractivity contribution in [2.75, 3.05) is 40.5 Å². The maximum Gasteiger partial charge on any atom is 0.242 e. The Morgan fingerprint density at radius 3 is 2.70 bits per heavy atom. The number of benzene rings is 1. The molecule has 1 unspecified atom stereocenters. The molecule has 0 radical (unpaired) electrons. The number of rotatable bonds is 9. The van der Waals surface area contributed by atoms with Gasteiger partial charge in [0.2, 0.25) is 11.8 Å². The van der Waals surface area contributed by atoms with E-state index in [0.29, 0.717) is 43.7 Å². The van der Waals surface area contributed by atoms with E-state index < -0.39 is 0 Å². The SMILES string of the molecule is COc1ccc(OC)c(CC(=O)N2CC(=O)N(Cc3cccnc3)CC(OCC3CC3)C2)c1. The van der Waals surface area contributed by atoms with Crippen LogP contribution in [-0.2, 0) is 27.3 Å². The van der Waals surface area contributed by atoms with Crippen molar-refractivity contribution >= 4 is 11.8 Å². The van der Waals surface area contributed by atoms with Gasteiger partial charge < -0.3 is 24.0 Å². The van der Waals surface area contributed by atoms with Gasteiger partial charge in [0.25, 0.3) is 0 Å². The molecule has 1 aliphatic heterocycles. The molecule has 8 heteroatoms. The lowest BCUT2D eigenvalue weighted by Gasteiger charge is -2.25. The quantitative estimate of drug-likeness (QED) is 0.580. The van der Waals surface area contributed by atoms with Crippen LogP contribution in [0.2, 0.25) is 0 Å². The zero-order valence-corrected chi connectivity index (χ0v) is 19.2. The zero-order chi connectivity index (χ0) is 23.2. The van der Waals surface area contributed by atoms with Crippen molar-refractivity contribution in [3.8, 4) is 11.5 Å². The molecule has 1 aromatic heterocycles. The highest BCUT2D eigenvalue weighted by Gasteiger charge is 2.32. The van der Waals surface area contributed by atoms with Crippen molar-refractivity contribution in [3.63, 3.8) is 0 Å². The fourth-order valence-corrected chi connectivity index (χ4v) is 3.99. The summed E-state index contributed by atoms with van der Waals surface area (Å²) in [7, 11) is 3.16. The molecule has 0 bridgehead atoms. The Morgan fingerprint density at radius 1 is 1.15 bits per heavy atom. The molecule has 176 valence electrons. The third kappa shape index (κ3) is 6.22. The maximum atomic E-state index is 13.3. The van der Waals surface area contributed by atoms with Gasteiger partial charge in [-0.15, -0.1) is 0 Å². The summed E-state index contributed by atoms with van der Waals surface area (Å²) in [5.74, 6) is 1.63. The first kappa shape index (κ1) is 23.0. The summed E-state index contributed by atoms with van der Waals surface area (Å²) in [6, 6.07) is 9.18. The van der Waals surface area contributed by atoms with Gasteiger partial charge in [-0.3, -0.25) is 14.6 Å².